The first-order chi connectivity index (χ1) is 13.5. The van der Waals surface area contributed by atoms with Crippen LogP contribution in [0.2, 0.25) is 0 Å². The Bertz CT molecular complexity index is 824. The van der Waals surface area contributed by atoms with Gasteiger partial charge in [0.1, 0.15) is 0 Å². The van der Waals surface area contributed by atoms with Crippen molar-refractivity contribution in [1.29, 1.82) is 0 Å². The van der Waals surface area contributed by atoms with Gasteiger partial charge in [0.25, 0.3) is 0 Å². The summed E-state index contributed by atoms with van der Waals surface area (Å²) in [6.45, 7) is 12.0. The van der Waals surface area contributed by atoms with Gasteiger partial charge >= 0.3 is 0 Å². The van der Waals surface area contributed by atoms with Crippen molar-refractivity contribution in [2.24, 2.45) is 0 Å². The standard InChI is InChI=1S/C24H31N3O/c1-18-8-10-21(11-9-18)16-25-12-14-26(15-13-25)17-24(28)27-20(3)19(2)22-6-4-5-7-23(22)27/h4-11,19-20H,12-17H2,1-3H3/t19-,20-/m1/s1. The Morgan fingerprint density at radius 3 is 2.29 bits per heavy atom. The molecule has 1 fully saturated rings. The van der Waals surface area contributed by atoms with E-state index in [0.717, 1.165) is 38.4 Å². The molecule has 28 heavy (non-hydrogen) atoms. The molecule has 0 aliphatic carbocycles. The first kappa shape index (κ1) is 19.2. The summed E-state index contributed by atoms with van der Waals surface area (Å²) in [6, 6.07) is 17.4. The van der Waals surface area contributed by atoms with Crippen molar-refractivity contribution in [2.75, 3.05) is 37.6 Å². The van der Waals surface area contributed by atoms with E-state index < -0.39 is 0 Å². The van der Waals surface area contributed by atoms with E-state index in [2.05, 4.69) is 73.0 Å². The Morgan fingerprint density at radius 2 is 1.57 bits per heavy atom. The molecule has 148 valence electrons. The minimum absolute atomic E-state index is 0.229. The topological polar surface area (TPSA) is 26.8 Å². The summed E-state index contributed by atoms with van der Waals surface area (Å²) in [5.41, 5.74) is 5.07. The fourth-order valence-electron chi connectivity index (χ4n) is 4.48. The van der Waals surface area contributed by atoms with Crippen LogP contribution >= 0.6 is 0 Å². The molecule has 1 amide bonds. The van der Waals surface area contributed by atoms with Crippen LogP contribution in [0.1, 0.15) is 36.5 Å². The largest absolute Gasteiger partial charge is 0.308 e. The van der Waals surface area contributed by atoms with E-state index >= 15 is 0 Å². The highest BCUT2D eigenvalue weighted by molar-refractivity contribution is 5.97. The first-order valence-electron chi connectivity index (χ1n) is 10.4. The number of carbonyl (C=O) groups is 1. The van der Waals surface area contributed by atoms with Gasteiger partial charge in [-0.3, -0.25) is 14.6 Å². The number of para-hydroxylation sites is 1. The number of fused-ring (bicyclic) bond motifs is 1. The van der Waals surface area contributed by atoms with Gasteiger partial charge in [0.15, 0.2) is 0 Å². The van der Waals surface area contributed by atoms with Crippen molar-refractivity contribution in [3.05, 3.63) is 65.2 Å². The summed E-state index contributed by atoms with van der Waals surface area (Å²) in [4.78, 5) is 19.9. The van der Waals surface area contributed by atoms with Gasteiger partial charge in [0.2, 0.25) is 5.91 Å². The molecule has 2 heterocycles. The molecule has 2 aromatic rings. The Kier molecular flexibility index (Phi) is 5.51. The monoisotopic (exact) mass is 377 g/mol. The van der Waals surface area contributed by atoms with Gasteiger partial charge in [-0.2, -0.15) is 0 Å². The molecule has 0 bridgehead atoms. The minimum atomic E-state index is 0.229. The van der Waals surface area contributed by atoms with Crippen molar-refractivity contribution in [2.45, 2.75) is 39.3 Å². The van der Waals surface area contributed by atoms with Crippen LogP contribution in [-0.4, -0.2) is 54.5 Å². The average Bonchev–Trinajstić information content (AvgIpc) is 2.96. The second-order valence-corrected chi connectivity index (χ2v) is 8.39. The molecule has 0 radical (unpaired) electrons. The lowest BCUT2D eigenvalue weighted by atomic mass is 9.98. The number of amides is 1. The number of rotatable bonds is 4. The number of nitrogens with zero attached hydrogens (tertiary/aromatic N) is 3. The van der Waals surface area contributed by atoms with E-state index in [-0.39, 0.29) is 11.9 Å². The first-order valence-corrected chi connectivity index (χ1v) is 10.4. The zero-order valence-corrected chi connectivity index (χ0v) is 17.3. The molecule has 0 N–H and O–H groups in total. The average molecular weight is 378 g/mol. The molecule has 2 atom stereocenters. The third kappa shape index (κ3) is 3.85. The van der Waals surface area contributed by atoms with Gasteiger partial charge in [-0.15, -0.1) is 0 Å². The van der Waals surface area contributed by atoms with Crippen molar-refractivity contribution in [3.8, 4) is 0 Å². The predicted molar refractivity (Wildman–Crippen MR) is 115 cm³/mol. The van der Waals surface area contributed by atoms with E-state index in [4.69, 9.17) is 0 Å². The molecule has 4 rings (SSSR count). The van der Waals surface area contributed by atoms with Gasteiger partial charge in [-0.25, -0.2) is 0 Å². The summed E-state index contributed by atoms with van der Waals surface area (Å²) in [5, 5.41) is 0. The number of piperazine rings is 1. The zero-order valence-electron chi connectivity index (χ0n) is 17.3. The third-order valence-corrected chi connectivity index (χ3v) is 6.44. The van der Waals surface area contributed by atoms with E-state index in [1.807, 2.05) is 11.0 Å². The molecule has 2 aromatic carbocycles. The third-order valence-electron chi connectivity index (χ3n) is 6.44. The van der Waals surface area contributed by atoms with Crippen LogP contribution in [0.4, 0.5) is 5.69 Å². The molecule has 2 aliphatic heterocycles. The van der Waals surface area contributed by atoms with Gasteiger partial charge in [0.05, 0.1) is 6.54 Å². The predicted octanol–water partition coefficient (Wildman–Crippen LogP) is 3.65. The fraction of sp³-hybridized carbons (Fsp3) is 0.458. The number of benzene rings is 2. The number of hydrogen-bond donors (Lipinski definition) is 0. The normalized spacial score (nSPS) is 23.0. The maximum absolute atomic E-state index is 13.1. The lowest BCUT2D eigenvalue weighted by molar-refractivity contribution is -0.120. The van der Waals surface area contributed by atoms with Gasteiger partial charge in [0, 0.05) is 50.4 Å². The van der Waals surface area contributed by atoms with E-state index in [9.17, 15) is 4.79 Å². The maximum atomic E-state index is 13.1. The van der Waals surface area contributed by atoms with E-state index in [0.29, 0.717) is 12.5 Å². The maximum Gasteiger partial charge on any atom is 0.241 e. The summed E-state index contributed by atoms with van der Waals surface area (Å²) in [6.07, 6.45) is 0. The highest BCUT2D eigenvalue weighted by Crippen LogP contribution is 2.40. The van der Waals surface area contributed by atoms with Crippen molar-refractivity contribution < 1.29 is 4.79 Å². The number of hydrogen-bond acceptors (Lipinski definition) is 3. The quantitative estimate of drug-likeness (QED) is 0.814. The summed E-state index contributed by atoms with van der Waals surface area (Å²) in [7, 11) is 0. The van der Waals surface area contributed by atoms with Crippen molar-refractivity contribution in [3.63, 3.8) is 0 Å². The summed E-state index contributed by atoms with van der Waals surface area (Å²) in [5.74, 6) is 0.628. The number of anilines is 1. The fourth-order valence-corrected chi connectivity index (χ4v) is 4.48. The van der Waals surface area contributed by atoms with Gasteiger partial charge < -0.3 is 4.90 Å². The molecule has 0 saturated carbocycles. The highest BCUT2D eigenvalue weighted by atomic mass is 16.2. The lowest BCUT2D eigenvalue weighted by Gasteiger charge is -2.35. The summed E-state index contributed by atoms with van der Waals surface area (Å²) >= 11 is 0. The molecule has 0 aromatic heterocycles. The van der Waals surface area contributed by atoms with Crippen LogP contribution in [0.5, 0.6) is 0 Å². The van der Waals surface area contributed by atoms with Crippen LogP contribution in [0.25, 0.3) is 0 Å². The zero-order chi connectivity index (χ0) is 19.7. The molecule has 0 unspecified atom stereocenters. The van der Waals surface area contributed by atoms with Crippen molar-refractivity contribution in [1.82, 2.24) is 9.80 Å². The Hall–Kier alpha value is -2.17. The number of aryl methyl sites for hydroxylation is 1. The Balaban J connectivity index is 1.32. The minimum Gasteiger partial charge on any atom is -0.308 e. The van der Waals surface area contributed by atoms with Gasteiger partial charge in [-0.05, 0) is 31.0 Å². The number of carbonyl (C=O) groups excluding carboxylic acids is 1. The van der Waals surface area contributed by atoms with Crippen LogP contribution in [0.3, 0.4) is 0 Å². The molecule has 4 heteroatoms. The van der Waals surface area contributed by atoms with Crippen LogP contribution in [0.15, 0.2) is 48.5 Å². The Morgan fingerprint density at radius 1 is 0.929 bits per heavy atom. The van der Waals surface area contributed by atoms with Crippen LogP contribution in [0, 0.1) is 6.92 Å². The molecular formula is C24H31N3O. The second-order valence-electron chi connectivity index (χ2n) is 8.39. The van der Waals surface area contributed by atoms with Gasteiger partial charge in [-0.1, -0.05) is 55.0 Å². The molecule has 0 spiro atoms. The van der Waals surface area contributed by atoms with Crippen LogP contribution in [-0.2, 0) is 11.3 Å². The SMILES string of the molecule is Cc1ccc(CN2CCN(CC(=O)N3c4ccccc4[C@H](C)[C@H]3C)CC2)cc1. The lowest BCUT2D eigenvalue weighted by Crippen LogP contribution is -2.50. The summed E-state index contributed by atoms with van der Waals surface area (Å²) < 4.78 is 0. The molecule has 2 aliphatic rings. The van der Waals surface area contributed by atoms with E-state index in [1.54, 1.807) is 0 Å². The molecule has 1 saturated heterocycles. The smallest absolute Gasteiger partial charge is 0.241 e. The van der Waals surface area contributed by atoms with Crippen molar-refractivity contribution >= 4 is 11.6 Å². The van der Waals surface area contributed by atoms with Crippen LogP contribution < -0.4 is 4.90 Å². The Labute approximate surface area is 168 Å². The second kappa shape index (κ2) is 8.06. The molecular weight excluding hydrogens is 346 g/mol. The molecule has 4 nitrogen and oxygen atoms in total. The highest BCUT2D eigenvalue weighted by Gasteiger charge is 2.36. The van der Waals surface area contributed by atoms with E-state index in [1.165, 1.54) is 16.7 Å².